The minimum atomic E-state index is -0.176. The Morgan fingerprint density at radius 3 is 2.47 bits per heavy atom. The molecule has 0 bridgehead atoms. The van der Waals surface area contributed by atoms with E-state index in [0.29, 0.717) is 48.7 Å². The third kappa shape index (κ3) is 5.24. The molecule has 1 aromatic carbocycles. The number of piperazine rings is 1. The summed E-state index contributed by atoms with van der Waals surface area (Å²) in [7, 11) is 0. The van der Waals surface area contributed by atoms with Crippen LogP contribution in [0.15, 0.2) is 18.2 Å². The van der Waals surface area contributed by atoms with E-state index in [9.17, 15) is 9.59 Å². The third-order valence-corrected chi connectivity index (χ3v) is 7.89. The van der Waals surface area contributed by atoms with Gasteiger partial charge in [0.05, 0.1) is 35.7 Å². The summed E-state index contributed by atoms with van der Waals surface area (Å²) in [6.45, 7) is 6.05. The summed E-state index contributed by atoms with van der Waals surface area (Å²) in [5.41, 5.74) is 0.878. The van der Waals surface area contributed by atoms with Gasteiger partial charge in [-0.05, 0) is 63.4 Å². The van der Waals surface area contributed by atoms with Crippen molar-refractivity contribution in [2.45, 2.75) is 63.6 Å². The van der Waals surface area contributed by atoms with Gasteiger partial charge in [-0.2, -0.15) is 0 Å². The number of likely N-dealkylation sites (tertiary alicyclic amines) is 1. The van der Waals surface area contributed by atoms with E-state index < -0.39 is 0 Å². The molecule has 8 heteroatoms. The highest BCUT2D eigenvalue weighted by Crippen LogP contribution is 2.35. The molecule has 2 saturated heterocycles. The number of carbonyl (C=O) groups excluding carboxylic acids is 2. The summed E-state index contributed by atoms with van der Waals surface area (Å²) < 4.78 is 5.23. The predicted molar refractivity (Wildman–Crippen MR) is 126 cm³/mol. The molecule has 3 aliphatic rings. The lowest BCUT2D eigenvalue weighted by Crippen LogP contribution is -2.69. The van der Waals surface area contributed by atoms with Crippen LogP contribution in [0.3, 0.4) is 0 Å². The number of fused-ring (bicyclic) bond motifs is 1. The second-order valence-electron chi connectivity index (χ2n) is 9.09. The molecular formula is C24H33Cl2N3O3. The summed E-state index contributed by atoms with van der Waals surface area (Å²) in [6, 6.07) is 6.04. The van der Waals surface area contributed by atoms with Gasteiger partial charge in [-0.25, -0.2) is 0 Å². The fraction of sp³-hybridized carbons (Fsp3) is 0.667. The molecule has 0 radical (unpaired) electrons. The average Bonchev–Trinajstić information content (AvgIpc) is 3.31. The van der Waals surface area contributed by atoms with Crippen molar-refractivity contribution in [3.8, 4) is 0 Å². The zero-order valence-electron chi connectivity index (χ0n) is 18.8. The fourth-order valence-electron chi connectivity index (χ4n) is 5.76. The van der Waals surface area contributed by atoms with Crippen LogP contribution >= 0.6 is 23.2 Å². The van der Waals surface area contributed by atoms with Crippen molar-refractivity contribution < 1.29 is 14.3 Å². The Kier molecular flexibility index (Phi) is 7.98. The molecule has 32 heavy (non-hydrogen) atoms. The molecule has 6 nitrogen and oxygen atoms in total. The lowest BCUT2D eigenvalue weighted by atomic mass is 9.81. The first-order chi connectivity index (χ1) is 15.5. The van der Waals surface area contributed by atoms with Gasteiger partial charge in [-0.15, -0.1) is 0 Å². The normalized spacial score (nSPS) is 26.7. The van der Waals surface area contributed by atoms with Gasteiger partial charge in [0.15, 0.2) is 0 Å². The first-order valence-electron chi connectivity index (χ1n) is 11.8. The fourth-order valence-corrected chi connectivity index (χ4v) is 6.08. The first-order valence-corrected chi connectivity index (χ1v) is 12.6. The Bertz CT molecular complexity index is 831. The predicted octanol–water partition coefficient (Wildman–Crippen LogP) is 3.63. The molecule has 3 atom stereocenters. The molecule has 0 unspecified atom stereocenters. The van der Waals surface area contributed by atoms with Crippen LogP contribution < -0.4 is 0 Å². The number of hydrogen-bond donors (Lipinski definition) is 0. The van der Waals surface area contributed by atoms with Crippen molar-refractivity contribution in [1.82, 2.24) is 14.7 Å². The van der Waals surface area contributed by atoms with E-state index in [0.717, 1.165) is 37.9 Å². The molecule has 176 valence electrons. The molecular weight excluding hydrogens is 449 g/mol. The SMILES string of the molecule is CCOC(=O)CN1CCN(C(=O)Cc2ccc(Cl)c(Cl)c2)[C@@H]2[C@@H](N3CCCC3)CCC[C@@H]21. The van der Waals surface area contributed by atoms with Crippen LogP contribution in [0.25, 0.3) is 0 Å². The second-order valence-corrected chi connectivity index (χ2v) is 9.90. The zero-order valence-corrected chi connectivity index (χ0v) is 20.3. The highest BCUT2D eigenvalue weighted by atomic mass is 35.5. The van der Waals surface area contributed by atoms with Crippen molar-refractivity contribution >= 4 is 35.1 Å². The monoisotopic (exact) mass is 481 g/mol. The topological polar surface area (TPSA) is 53.1 Å². The summed E-state index contributed by atoms with van der Waals surface area (Å²) in [5.74, 6) is -0.0506. The van der Waals surface area contributed by atoms with E-state index in [1.807, 2.05) is 13.0 Å². The number of carbonyl (C=O) groups is 2. The summed E-state index contributed by atoms with van der Waals surface area (Å²) in [5, 5.41) is 0.971. The summed E-state index contributed by atoms with van der Waals surface area (Å²) in [4.78, 5) is 32.7. The van der Waals surface area contributed by atoms with Crippen LogP contribution in [-0.4, -0.2) is 84.0 Å². The average molecular weight is 482 g/mol. The molecule has 2 heterocycles. The molecule has 2 aliphatic heterocycles. The summed E-state index contributed by atoms with van der Waals surface area (Å²) in [6.07, 6.45) is 5.98. The van der Waals surface area contributed by atoms with Crippen LogP contribution in [0.5, 0.6) is 0 Å². The number of ether oxygens (including phenoxy) is 1. The Labute approximate surface area is 200 Å². The molecule has 3 fully saturated rings. The Balaban J connectivity index is 1.55. The third-order valence-electron chi connectivity index (χ3n) is 7.15. The van der Waals surface area contributed by atoms with Gasteiger partial charge >= 0.3 is 5.97 Å². The zero-order chi connectivity index (χ0) is 22.7. The molecule has 4 rings (SSSR count). The highest BCUT2D eigenvalue weighted by Gasteiger charge is 2.47. The lowest BCUT2D eigenvalue weighted by Gasteiger charge is -2.54. The number of halogens is 2. The van der Waals surface area contributed by atoms with Crippen LogP contribution in [-0.2, 0) is 20.7 Å². The maximum Gasteiger partial charge on any atom is 0.320 e. The van der Waals surface area contributed by atoms with Crippen LogP contribution in [0.4, 0.5) is 0 Å². The Morgan fingerprint density at radius 1 is 1.00 bits per heavy atom. The van der Waals surface area contributed by atoms with Gasteiger partial charge in [0.2, 0.25) is 5.91 Å². The van der Waals surface area contributed by atoms with Crippen molar-refractivity contribution in [2.75, 3.05) is 39.3 Å². The second kappa shape index (κ2) is 10.7. The van der Waals surface area contributed by atoms with E-state index in [1.165, 1.54) is 12.8 Å². The highest BCUT2D eigenvalue weighted by molar-refractivity contribution is 6.42. The van der Waals surface area contributed by atoms with Crippen molar-refractivity contribution in [1.29, 1.82) is 0 Å². The Morgan fingerprint density at radius 2 is 1.75 bits per heavy atom. The van der Waals surface area contributed by atoms with Gasteiger partial charge < -0.3 is 9.64 Å². The smallest absolute Gasteiger partial charge is 0.320 e. The van der Waals surface area contributed by atoms with Crippen molar-refractivity contribution in [3.63, 3.8) is 0 Å². The van der Waals surface area contributed by atoms with E-state index in [-0.39, 0.29) is 24.0 Å². The maximum atomic E-state index is 13.5. The Hall–Kier alpha value is -1.34. The number of esters is 1. The standard InChI is InChI=1S/C24H33Cl2N3O3/c1-2-32-23(31)16-28-12-13-29(22(30)15-17-8-9-18(25)19(26)14-17)24-20(6-5-7-21(24)28)27-10-3-4-11-27/h8-9,14,20-21,24H,2-7,10-13,15-16H2,1H3/t20-,21-,24+/m0/s1. The molecule has 1 aliphatic carbocycles. The van der Waals surface area contributed by atoms with E-state index in [2.05, 4.69) is 14.7 Å². The van der Waals surface area contributed by atoms with Crippen LogP contribution in [0.2, 0.25) is 10.0 Å². The van der Waals surface area contributed by atoms with Gasteiger partial charge in [-0.3, -0.25) is 19.4 Å². The van der Waals surface area contributed by atoms with Gasteiger partial charge in [0, 0.05) is 25.2 Å². The number of benzene rings is 1. The van der Waals surface area contributed by atoms with Crippen molar-refractivity contribution in [2.24, 2.45) is 0 Å². The van der Waals surface area contributed by atoms with Crippen LogP contribution in [0, 0.1) is 0 Å². The summed E-state index contributed by atoms with van der Waals surface area (Å²) >= 11 is 12.2. The van der Waals surface area contributed by atoms with E-state index >= 15 is 0 Å². The number of nitrogens with zero attached hydrogens (tertiary/aromatic N) is 3. The van der Waals surface area contributed by atoms with E-state index in [4.69, 9.17) is 27.9 Å². The van der Waals surface area contributed by atoms with Gasteiger partial charge in [0.25, 0.3) is 0 Å². The number of hydrogen-bond acceptors (Lipinski definition) is 5. The quantitative estimate of drug-likeness (QED) is 0.580. The molecule has 0 spiro atoms. The molecule has 1 amide bonds. The molecule has 0 N–H and O–H groups in total. The number of amides is 1. The minimum Gasteiger partial charge on any atom is -0.465 e. The minimum absolute atomic E-state index is 0.0975. The molecule has 1 saturated carbocycles. The molecule has 1 aromatic rings. The molecule has 0 aromatic heterocycles. The lowest BCUT2D eigenvalue weighted by molar-refractivity contribution is -0.151. The van der Waals surface area contributed by atoms with Gasteiger partial charge in [-0.1, -0.05) is 35.7 Å². The maximum absolute atomic E-state index is 13.5. The van der Waals surface area contributed by atoms with Crippen LogP contribution in [0.1, 0.15) is 44.6 Å². The number of rotatable bonds is 6. The first kappa shape index (κ1) is 23.8. The van der Waals surface area contributed by atoms with Gasteiger partial charge in [0.1, 0.15) is 0 Å². The van der Waals surface area contributed by atoms with Crippen molar-refractivity contribution in [3.05, 3.63) is 33.8 Å². The largest absolute Gasteiger partial charge is 0.465 e. The van der Waals surface area contributed by atoms with E-state index in [1.54, 1.807) is 12.1 Å².